The van der Waals surface area contributed by atoms with E-state index in [2.05, 4.69) is 5.32 Å². The number of hydrogen-bond donors (Lipinski definition) is 1. The third kappa shape index (κ3) is 3.33. The lowest BCUT2D eigenvalue weighted by Gasteiger charge is -2.38. The quantitative estimate of drug-likeness (QED) is 0.827. The molecule has 100 valence electrons. The summed E-state index contributed by atoms with van der Waals surface area (Å²) in [6.07, 6.45) is 4.75. The summed E-state index contributed by atoms with van der Waals surface area (Å²) in [7, 11) is 3.73. The van der Waals surface area contributed by atoms with Crippen LogP contribution in [-0.2, 0) is 9.53 Å². The normalized spacial score (nSPS) is 29.1. The molecule has 4 nitrogen and oxygen atoms in total. The van der Waals surface area contributed by atoms with E-state index in [4.69, 9.17) is 4.74 Å². The van der Waals surface area contributed by atoms with Crippen LogP contribution in [0.1, 0.15) is 25.7 Å². The van der Waals surface area contributed by atoms with Gasteiger partial charge in [0.05, 0.1) is 12.0 Å². The predicted molar refractivity (Wildman–Crippen MR) is 69.4 cm³/mol. The second-order valence-electron chi connectivity index (χ2n) is 4.97. The molecule has 0 aromatic rings. The van der Waals surface area contributed by atoms with Crippen LogP contribution >= 0.6 is 12.4 Å². The molecule has 1 heterocycles. The van der Waals surface area contributed by atoms with Gasteiger partial charge in [0.1, 0.15) is 0 Å². The Morgan fingerprint density at radius 3 is 2.24 bits per heavy atom. The first-order valence-corrected chi connectivity index (χ1v) is 6.22. The summed E-state index contributed by atoms with van der Waals surface area (Å²) in [5.74, 6) is 0.546. The largest absolute Gasteiger partial charge is 0.381 e. The highest BCUT2D eigenvalue weighted by atomic mass is 35.5. The van der Waals surface area contributed by atoms with Gasteiger partial charge < -0.3 is 15.0 Å². The lowest BCUT2D eigenvalue weighted by atomic mass is 9.91. The van der Waals surface area contributed by atoms with Crippen molar-refractivity contribution in [3.63, 3.8) is 0 Å². The number of rotatable bonds is 3. The molecule has 0 radical (unpaired) electrons. The Bertz CT molecular complexity index is 251. The lowest BCUT2D eigenvalue weighted by Crippen LogP contribution is -2.53. The highest BCUT2D eigenvalue weighted by molar-refractivity contribution is 5.85. The topological polar surface area (TPSA) is 41.6 Å². The molecule has 17 heavy (non-hydrogen) atoms. The Labute approximate surface area is 109 Å². The molecular formula is C12H23ClN2O2. The van der Waals surface area contributed by atoms with Crippen molar-refractivity contribution in [1.29, 1.82) is 0 Å². The summed E-state index contributed by atoms with van der Waals surface area (Å²) >= 11 is 0. The molecule has 1 aliphatic heterocycles. The number of methoxy groups -OCH3 is 1. The number of halogens is 1. The minimum atomic E-state index is 0. The lowest BCUT2D eigenvalue weighted by molar-refractivity contribution is -0.139. The number of carbonyl (C=O) groups excluding carboxylic acids is 1. The Kier molecular flexibility index (Phi) is 5.70. The Balaban J connectivity index is 0.00000144. The van der Waals surface area contributed by atoms with Crippen LogP contribution < -0.4 is 5.32 Å². The summed E-state index contributed by atoms with van der Waals surface area (Å²) in [6, 6.07) is 0.430. The van der Waals surface area contributed by atoms with Crippen LogP contribution in [0.25, 0.3) is 0 Å². The Morgan fingerprint density at radius 1 is 1.24 bits per heavy atom. The SMILES string of the molecule is COC1CCC(N(C)C(=O)C2CNC2)CC1.Cl. The third-order valence-electron chi connectivity index (χ3n) is 4.00. The summed E-state index contributed by atoms with van der Waals surface area (Å²) in [5, 5.41) is 3.15. The van der Waals surface area contributed by atoms with Crippen molar-refractivity contribution in [1.82, 2.24) is 10.2 Å². The first-order valence-electron chi connectivity index (χ1n) is 6.22. The number of hydrogen-bond acceptors (Lipinski definition) is 3. The zero-order chi connectivity index (χ0) is 11.5. The molecule has 0 spiro atoms. The molecule has 2 aliphatic rings. The van der Waals surface area contributed by atoms with Gasteiger partial charge in [-0.05, 0) is 25.7 Å². The van der Waals surface area contributed by atoms with Gasteiger partial charge >= 0.3 is 0 Å². The zero-order valence-corrected chi connectivity index (χ0v) is 11.5. The van der Waals surface area contributed by atoms with Crippen molar-refractivity contribution < 1.29 is 9.53 Å². The van der Waals surface area contributed by atoms with Crippen molar-refractivity contribution in [2.75, 3.05) is 27.2 Å². The average Bonchev–Trinajstić information content (AvgIpc) is 2.26. The van der Waals surface area contributed by atoms with E-state index in [-0.39, 0.29) is 18.3 Å². The van der Waals surface area contributed by atoms with E-state index in [1.54, 1.807) is 7.11 Å². The second-order valence-corrected chi connectivity index (χ2v) is 4.97. The van der Waals surface area contributed by atoms with E-state index in [0.717, 1.165) is 38.8 Å². The number of nitrogens with zero attached hydrogens (tertiary/aromatic N) is 1. The maximum absolute atomic E-state index is 12.0. The van der Waals surface area contributed by atoms with E-state index in [1.807, 2.05) is 11.9 Å². The van der Waals surface area contributed by atoms with Crippen LogP contribution in [0.4, 0.5) is 0 Å². The number of ether oxygens (including phenoxy) is 1. The van der Waals surface area contributed by atoms with Crippen molar-refractivity contribution in [2.24, 2.45) is 5.92 Å². The second kappa shape index (κ2) is 6.57. The molecule has 0 aromatic carbocycles. The minimum absolute atomic E-state index is 0. The fourth-order valence-corrected chi connectivity index (χ4v) is 2.60. The van der Waals surface area contributed by atoms with Crippen LogP contribution in [0.5, 0.6) is 0 Å². The van der Waals surface area contributed by atoms with E-state index in [1.165, 1.54) is 0 Å². The average molecular weight is 263 g/mol. The van der Waals surface area contributed by atoms with Gasteiger partial charge in [-0.3, -0.25) is 4.79 Å². The molecule has 1 saturated heterocycles. The van der Waals surface area contributed by atoms with Gasteiger partial charge in [-0.15, -0.1) is 12.4 Å². The standard InChI is InChI=1S/C12H22N2O2.ClH/c1-14(12(15)9-7-13-8-9)10-3-5-11(16-2)6-4-10;/h9-11,13H,3-8H2,1-2H3;1H. The minimum Gasteiger partial charge on any atom is -0.381 e. The van der Waals surface area contributed by atoms with Gasteiger partial charge in [0, 0.05) is 33.3 Å². The maximum Gasteiger partial charge on any atom is 0.228 e. The van der Waals surface area contributed by atoms with Gasteiger partial charge in [-0.1, -0.05) is 0 Å². The molecular weight excluding hydrogens is 240 g/mol. The highest BCUT2D eigenvalue weighted by Crippen LogP contribution is 2.25. The molecule has 0 aromatic heterocycles. The van der Waals surface area contributed by atoms with Crippen LogP contribution in [0.2, 0.25) is 0 Å². The van der Waals surface area contributed by atoms with E-state index in [0.29, 0.717) is 18.1 Å². The number of carbonyl (C=O) groups is 1. The van der Waals surface area contributed by atoms with E-state index >= 15 is 0 Å². The molecule has 1 N–H and O–H groups in total. The molecule has 2 fully saturated rings. The van der Waals surface area contributed by atoms with Gasteiger partial charge in [0.15, 0.2) is 0 Å². The van der Waals surface area contributed by atoms with Crippen LogP contribution in [0.3, 0.4) is 0 Å². The Morgan fingerprint density at radius 2 is 1.82 bits per heavy atom. The molecule has 1 aliphatic carbocycles. The van der Waals surface area contributed by atoms with Crippen molar-refractivity contribution in [3.8, 4) is 0 Å². The first-order chi connectivity index (χ1) is 7.72. The Hall–Kier alpha value is -0.320. The molecule has 2 rings (SSSR count). The maximum atomic E-state index is 12.0. The van der Waals surface area contributed by atoms with Gasteiger partial charge in [0.2, 0.25) is 5.91 Å². The van der Waals surface area contributed by atoms with Gasteiger partial charge in [-0.25, -0.2) is 0 Å². The fraction of sp³-hybridized carbons (Fsp3) is 0.917. The van der Waals surface area contributed by atoms with Crippen molar-refractivity contribution in [3.05, 3.63) is 0 Å². The van der Waals surface area contributed by atoms with Gasteiger partial charge in [-0.2, -0.15) is 0 Å². The third-order valence-corrected chi connectivity index (χ3v) is 4.00. The van der Waals surface area contributed by atoms with Crippen LogP contribution in [0.15, 0.2) is 0 Å². The molecule has 1 amide bonds. The number of amides is 1. The fourth-order valence-electron chi connectivity index (χ4n) is 2.60. The highest BCUT2D eigenvalue weighted by Gasteiger charge is 2.32. The monoisotopic (exact) mass is 262 g/mol. The molecule has 1 saturated carbocycles. The molecule has 0 bridgehead atoms. The van der Waals surface area contributed by atoms with Crippen LogP contribution in [-0.4, -0.2) is 50.2 Å². The number of nitrogens with one attached hydrogen (secondary N) is 1. The first kappa shape index (κ1) is 14.7. The molecule has 0 atom stereocenters. The zero-order valence-electron chi connectivity index (χ0n) is 10.6. The summed E-state index contributed by atoms with van der Waals surface area (Å²) in [4.78, 5) is 14.0. The van der Waals surface area contributed by atoms with Crippen LogP contribution in [0, 0.1) is 5.92 Å². The van der Waals surface area contributed by atoms with E-state index in [9.17, 15) is 4.79 Å². The smallest absolute Gasteiger partial charge is 0.228 e. The van der Waals surface area contributed by atoms with Crippen molar-refractivity contribution in [2.45, 2.75) is 37.8 Å². The van der Waals surface area contributed by atoms with E-state index < -0.39 is 0 Å². The van der Waals surface area contributed by atoms with Gasteiger partial charge in [0.25, 0.3) is 0 Å². The predicted octanol–water partition coefficient (Wildman–Crippen LogP) is 1.04. The van der Waals surface area contributed by atoms with Crippen molar-refractivity contribution >= 4 is 18.3 Å². The summed E-state index contributed by atoms with van der Waals surface area (Å²) < 4.78 is 5.35. The summed E-state index contributed by atoms with van der Waals surface area (Å²) in [5.41, 5.74) is 0. The molecule has 0 unspecified atom stereocenters. The molecule has 5 heteroatoms. The summed E-state index contributed by atoms with van der Waals surface area (Å²) in [6.45, 7) is 1.72.